The molecule has 1 aliphatic carbocycles. The number of alkyl halides is 3. The zero-order chi connectivity index (χ0) is 32.4. The molecule has 1 N–H and O–H groups in total. The Balaban J connectivity index is 1.04. The summed E-state index contributed by atoms with van der Waals surface area (Å²) in [5.74, 6) is -1.74. The topological polar surface area (TPSA) is 124 Å². The molecule has 5 rings (SSSR count). The number of aromatic nitrogens is 5. The number of hydrogen-bond donors (Lipinski definition) is 1. The average molecular weight is 632 g/mol. The van der Waals surface area contributed by atoms with E-state index in [2.05, 4.69) is 36.6 Å². The smallest absolute Gasteiger partial charge is 0.444 e. The summed E-state index contributed by atoms with van der Waals surface area (Å²) in [6.07, 6.45) is 1.32. The highest BCUT2D eigenvalue weighted by molar-refractivity contribution is 5.91. The molecular weight excluding hydrogens is 598 g/mol. The minimum Gasteiger partial charge on any atom is -0.444 e. The Morgan fingerprint density at radius 2 is 1.84 bits per heavy atom. The summed E-state index contributed by atoms with van der Waals surface area (Å²) in [6, 6.07) is 4.60. The standard InChI is InChI=1S/C30H33F4N7O4/c1-29(2,3)45-28(43)40-15-21(16-40)18-10-19-11-22(36-37-25(19)13-18)6-4-5-9-41-17-26(38-39-41)27(42)35-14-20-12-23(7-8-24(20)31)44-30(32,33)34/h7-8,10-12,17,21H,4-6,9,13-16H2,1-3H3,(H,35,42). The quantitative estimate of drug-likeness (QED) is 0.249. The van der Waals surface area contributed by atoms with Gasteiger partial charge in [-0.1, -0.05) is 16.9 Å². The highest BCUT2D eigenvalue weighted by Crippen LogP contribution is 2.34. The first-order valence-electron chi connectivity index (χ1n) is 14.5. The van der Waals surface area contributed by atoms with E-state index in [0.717, 1.165) is 54.4 Å². The molecule has 240 valence electrons. The summed E-state index contributed by atoms with van der Waals surface area (Å²) >= 11 is 0. The number of fused-ring (bicyclic) bond motifs is 1. The van der Waals surface area contributed by atoms with Crippen molar-refractivity contribution in [3.8, 4) is 5.75 Å². The molecule has 0 saturated carbocycles. The van der Waals surface area contributed by atoms with Crippen LogP contribution in [0.2, 0.25) is 0 Å². The Morgan fingerprint density at radius 1 is 1.07 bits per heavy atom. The van der Waals surface area contributed by atoms with Gasteiger partial charge in [0.1, 0.15) is 17.2 Å². The maximum atomic E-state index is 14.0. The molecule has 1 aromatic carbocycles. The summed E-state index contributed by atoms with van der Waals surface area (Å²) < 4.78 is 62.1. The number of hydrogen-bond acceptors (Lipinski definition) is 8. The van der Waals surface area contributed by atoms with Crippen LogP contribution in [0, 0.1) is 11.7 Å². The molecule has 0 spiro atoms. The molecule has 0 unspecified atom stereocenters. The molecule has 1 saturated heterocycles. The number of nitrogens with zero attached hydrogens (tertiary/aromatic N) is 6. The highest BCUT2D eigenvalue weighted by atomic mass is 19.4. The summed E-state index contributed by atoms with van der Waals surface area (Å²) in [5.41, 5.74) is 3.40. The molecule has 0 atom stereocenters. The number of amides is 2. The lowest BCUT2D eigenvalue weighted by Crippen LogP contribution is -2.52. The third-order valence-corrected chi connectivity index (χ3v) is 7.26. The van der Waals surface area contributed by atoms with Gasteiger partial charge in [0, 0.05) is 44.1 Å². The first kappa shape index (κ1) is 31.9. The number of carbonyl (C=O) groups excluding carboxylic acids is 2. The van der Waals surface area contributed by atoms with Crippen molar-refractivity contribution in [2.75, 3.05) is 13.1 Å². The van der Waals surface area contributed by atoms with E-state index in [4.69, 9.17) is 4.74 Å². The van der Waals surface area contributed by atoms with Crippen LogP contribution >= 0.6 is 0 Å². The average Bonchev–Trinajstić information content (AvgIpc) is 3.55. The number of ether oxygens (including phenoxy) is 2. The number of aryl methyl sites for hydroxylation is 2. The number of nitrogens with one attached hydrogen (secondary N) is 1. The lowest BCUT2D eigenvalue weighted by atomic mass is 9.91. The minimum absolute atomic E-state index is 0.00846. The molecule has 1 fully saturated rings. The Bertz CT molecular complexity index is 1590. The normalized spacial score (nSPS) is 14.9. The molecule has 3 heterocycles. The van der Waals surface area contributed by atoms with Gasteiger partial charge < -0.3 is 19.7 Å². The lowest BCUT2D eigenvalue weighted by molar-refractivity contribution is -0.274. The predicted molar refractivity (Wildman–Crippen MR) is 152 cm³/mol. The minimum atomic E-state index is -4.92. The van der Waals surface area contributed by atoms with Gasteiger partial charge in [0.05, 0.1) is 17.6 Å². The number of halogens is 4. The molecule has 2 aromatic heterocycles. The third kappa shape index (κ3) is 8.54. The maximum Gasteiger partial charge on any atom is 0.573 e. The van der Waals surface area contributed by atoms with Crippen LogP contribution in [0.5, 0.6) is 5.75 Å². The van der Waals surface area contributed by atoms with Gasteiger partial charge in [-0.25, -0.2) is 9.18 Å². The molecule has 0 radical (unpaired) electrons. The van der Waals surface area contributed by atoms with Crippen molar-refractivity contribution in [2.45, 2.75) is 71.5 Å². The van der Waals surface area contributed by atoms with Crippen molar-refractivity contribution in [1.29, 1.82) is 0 Å². The fourth-order valence-corrected chi connectivity index (χ4v) is 4.99. The van der Waals surface area contributed by atoms with E-state index in [1.165, 1.54) is 16.5 Å². The van der Waals surface area contributed by atoms with Gasteiger partial charge in [0.15, 0.2) is 5.69 Å². The molecule has 11 nitrogen and oxygen atoms in total. The lowest BCUT2D eigenvalue weighted by Gasteiger charge is -2.40. The Kier molecular flexibility index (Phi) is 9.07. The van der Waals surface area contributed by atoms with Crippen LogP contribution in [0.1, 0.15) is 66.6 Å². The van der Waals surface area contributed by atoms with Gasteiger partial charge in [-0.2, -0.15) is 10.2 Å². The Hall–Kier alpha value is -4.56. The van der Waals surface area contributed by atoms with Gasteiger partial charge in [-0.3, -0.25) is 9.48 Å². The summed E-state index contributed by atoms with van der Waals surface area (Å²) in [5, 5.41) is 19.0. The Labute approximate surface area is 256 Å². The van der Waals surface area contributed by atoms with Crippen molar-refractivity contribution >= 4 is 18.1 Å². The molecule has 2 amide bonds. The van der Waals surface area contributed by atoms with Crippen LogP contribution in [0.4, 0.5) is 22.4 Å². The number of unbranched alkanes of at least 4 members (excludes halogenated alkanes) is 1. The fourth-order valence-electron chi connectivity index (χ4n) is 4.99. The van der Waals surface area contributed by atoms with E-state index < -0.39 is 29.4 Å². The second-order valence-corrected chi connectivity index (χ2v) is 12.0. The third-order valence-electron chi connectivity index (χ3n) is 7.26. The van der Waals surface area contributed by atoms with Crippen molar-refractivity contribution < 1.29 is 36.6 Å². The highest BCUT2D eigenvalue weighted by Gasteiger charge is 2.37. The molecular formula is C30H33F4N7O4. The second kappa shape index (κ2) is 12.8. The molecule has 0 bridgehead atoms. The van der Waals surface area contributed by atoms with Gasteiger partial charge in [0.25, 0.3) is 5.91 Å². The van der Waals surface area contributed by atoms with E-state index >= 15 is 0 Å². The number of carbonyl (C=O) groups is 2. The molecule has 45 heavy (non-hydrogen) atoms. The maximum absolute atomic E-state index is 14.0. The molecule has 2 aliphatic rings. The van der Waals surface area contributed by atoms with E-state index in [-0.39, 0.29) is 29.8 Å². The van der Waals surface area contributed by atoms with Gasteiger partial charge in [0.2, 0.25) is 0 Å². The van der Waals surface area contributed by atoms with E-state index in [1.54, 1.807) is 4.90 Å². The Morgan fingerprint density at radius 3 is 2.58 bits per heavy atom. The van der Waals surface area contributed by atoms with Gasteiger partial charge in [-0.15, -0.1) is 18.3 Å². The van der Waals surface area contributed by atoms with Crippen molar-refractivity contribution in [3.63, 3.8) is 0 Å². The monoisotopic (exact) mass is 631 g/mol. The van der Waals surface area contributed by atoms with Crippen molar-refractivity contribution in [2.24, 2.45) is 5.92 Å². The summed E-state index contributed by atoms with van der Waals surface area (Å²) in [4.78, 5) is 26.4. The fraction of sp³-hybridized carbons (Fsp3) is 0.467. The van der Waals surface area contributed by atoms with Crippen molar-refractivity contribution in [3.05, 3.63) is 70.1 Å². The number of benzene rings is 1. The van der Waals surface area contributed by atoms with Crippen LogP contribution in [0.25, 0.3) is 6.08 Å². The summed E-state index contributed by atoms with van der Waals surface area (Å²) in [6.45, 7) is 6.94. The molecule has 3 aromatic rings. The first-order valence-corrected chi connectivity index (χ1v) is 14.5. The van der Waals surface area contributed by atoms with Crippen LogP contribution in [0.3, 0.4) is 0 Å². The zero-order valence-electron chi connectivity index (χ0n) is 25.0. The van der Waals surface area contributed by atoms with Gasteiger partial charge in [-0.05, 0) is 69.9 Å². The van der Waals surface area contributed by atoms with Crippen LogP contribution in [-0.2, 0) is 30.7 Å². The molecule has 15 heteroatoms. The zero-order valence-corrected chi connectivity index (χ0v) is 25.0. The van der Waals surface area contributed by atoms with Gasteiger partial charge >= 0.3 is 12.5 Å². The van der Waals surface area contributed by atoms with E-state index in [1.807, 2.05) is 26.8 Å². The number of likely N-dealkylation sites (tertiary alicyclic amines) is 1. The number of rotatable bonds is 10. The van der Waals surface area contributed by atoms with Crippen LogP contribution < -0.4 is 10.1 Å². The second-order valence-electron chi connectivity index (χ2n) is 12.0. The van der Waals surface area contributed by atoms with Crippen molar-refractivity contribution in [1.82, 2.24) is 35.4 Å². The molecule has 1 aliphatic heterocycles. The first-order chi connectivity index (χ1) is 21.2. The van der Waals surface area contributed by atoms with Crippen LogP contribution in [-0.4, -0.2) is 67.1 Å². The largest absolute Gasteiger partial charge is 0.573 e. The van der Waals surface area contributed by atoms with E-state index in [9.17, 15) is 27.2 Å². The van der Waals surface area contributed by atoms with Crippen LogP contribution in [0.15, 0.2) is 36.0 Å². The summed E-state index contributed by atoms with van der Waals surface area (Å²) in [7, 11) is 0. The van der Waals surface area contributed by atoms with E-state index in [0.29, 0.717) is 26.1 Å². The predicted octanol–water partition coefficient (Wildman–Crippen LogP) is 4.87. The SMILES string of the molecule is CC(C)(C)OC(=O)N1CC(C2=Cc3cc(CCCCn4cc(C(=O)NCc5cc(OC(F)(F)F)ccc5F)nn4)nnc3C2)C1.